The van der Waals surface area contributed by atoms with Crippen LogP contribution in [0.2, 0.25) is 0 Å². The molecule has 0 aromatic carbocycles. The molecule has 0 saturated heterocycles. The number of aromatic nitrogens is 2. The fourth-order valence-corrected chi connectivity index (χ4v) is 1.41. The summed E-state index contributed by atoms with van der Waals surface area (Å²) in [5.41, 5.74) is 0.227. The minimum absolute atomic E-state index is 0.179. The van der Waals surface area contributed by atoms with Crippen LogP contribution in [0.25, 0.3) is 0 Å². The van der Waals surface area contributed by atoms with Crippen LogP contribution in [0.3, 0.4) is 0 Å². The van der Waals surface area contributed by atoms with Gasteiger partial charge >= 0.3 is 5.97 Å². The molecule has 0 atom stereocenters. The summed E-state index contributed by atoms with van der Waals surface area (Å²) in [4.78, 5) is 19.8. The minimum atomic E-state index is -0.460. The van der Waals surface area contributed by atoms with Gasteiger partial charge < -0.3 is 14.5 Å². The molecule has 6 heteroatoms. The van der Waals surface area contributed by atoms with Gasteiger partial charge in [-0.2, -0.15) is 0 Å². The lowest BCUT2D eigenvalue weighted by Gasteiger charge is -2.08. The highest BCUT2D eigenvalue weighted by atomic mass is 16.5. The number of anilines is 1. The first-order chi connectivity index (χ1) is 9.15. The molecule has 2 aromatic rings. The van der Waals surface area contributed by atoms with Crippen molar-refractivity contribution in [2.45, 2.75) is 26.5 Å². The molecule has 0 radical (unpaired) electrons. The number of ether oxygens (including phenoxy) is 1. The van der Waals surface area contributed by atoms with E-state index in [1.807, 2.05) is 6.07 Å². The van der Waals surface area contributed by atoms with E-state index in [4.69, 9.17) is 9.15 Å². The molecule has 0 fully saturated rings. The number of nitrogens with zero attached hydrogens (tertiary/aromatic N) is 2. The van der Waals surface area contributed by atoms with E-state index in [0.29, 0.717) is 12.5 Å². The molecule has 1 N–H and O–H groups in total. The van der Waals surface area contributed by atoms with E-state index in [2.05, 4.69) is 15.3 Å². The quantitative estimate of drug-likeness (QED) is 0.832. The zero-order valence-electron chi connectivity index (χ0n) is 10.8. The lowest BCUT2D eigenvalue weighted by Crippen LogP contribution is -2.14. The van der Waals surface area contributed by atoms with Crippen LogP contribution < -0.4 is 5.32 Å². The van der Waals surface area contributed by atoms with Crippen LogP contribution >= 0.6 is 0 Å². The summed E-state index contributed by atoms with van der Waals surface area (Å²) in [5.74, 6) is 0.659. The van der Waals surface area contributed by atoms with Crippen LogP contribution in [-0.4, -0.2) is 22.0 Å². The van der Waals surface area contributed by atoms with Gasteiger partial charge in [0.15, 0.2) is 5.69 Å². The van der Waals surface area contributed by atoms with Crippen molar-refractivity contribution in [3.63, 3.8) is 0 Å². The van der Waals surface area contributed by atoms with Crippen molar-refractivity contribution in [3.05, 3.63) is 42.1 Å². The van der Waals surface area contributed by atoms with E-state index in [1.54, 1.807) is 26.2 Å². The van der Waals surface area contributed by atoms with Crippen molar-refractivity contribution in [2.75, 3.05) is 5.32 Å². The number of furan rings is 1. The van der Waals surface area contributed by atoms with Crippen molar-refractivity contribution in [1.29, 1.82) is 0 Å². The smallest absolute Gasteiger partial charge is 0.357 e. The number of carbonyl (C=O) groups excluding carboxylic acids is 1. The Morgan fingerprint density at radius 1 is 1.47 bits per heavy atom. The number of hydrogen-bond acceptors (Lipinski definition) is 6. The molecule has 0 spiro atoms. The summed E-state index contributed by atoms with van der Waals surface area (Å²) in [6, 6.07) is 5.15. The summed E-state index contributed by atoms with van der Waals surface area (Å²) in [7, 11) is 0. The summed E-state index contributed by atoms with van der Waals surface area (Å²) < 4.78 is 10.2. The maximum Gasteiger partial charge on any atom is 0.357 e. The monoisotopic (exact) mass is 261 g/mol. The fraction of sp³-hybridized carbons (Fsp3) is 0.308. The Bertz CT molecular complexity index is 538. The van der Waals surface area contributed by atoms with Crippen LogP contribution in [0.5, 0.6) is 0 Å². The Morgan fingerprint density at radius 3 is 3.00 bits per heavy atom. The first-order valence-electron chi connectivity index (χ1n) is 5.95. The van der Waals surface area contributed by atoms with Crippen molar-refractivity contribution < 1.29 is 13.9 Å². The maximum absolute atomic E-state index is 11.7. The van der Waals surface area contributed by atoms with Crippen LogP contribution in [0.15, 0.2) is 35.1 Å². The van der Waals surface area contributed by atoms with Gasteiger partial charge in [-0.05, 0) is 32.0 Å². The predicted octanol–water partition coefficient (Wildman–Crippen LogP) is 2.25. The third-order valence-corrected chi connectivity index (χ3v) is 2.21. The van der Waals surface area contributed by atoms with Crippen LogP contribution in [0, 0.1) is 0 Å². The highest BCUT2D eigenvalue weighted by molar-refractivity contribution is 5.87. The molecular weight excluding hydrogens is 246 g/mol. The highest BCUT2D eigenvalue weighted by Gasteiger charge is 2.11. The molecule has 2 rings (SSSR count). The van der Waals surface area contributed by atoms with Gasteiger partial charge in [-0.3, -0.25) is 0 Å². The van der Waals surface area contributed by atoms with Crippen LogP contribution in [0.1, 0.15) is 30.1 Å². The van der Waals surface area contributed by atoms with Crippen LogP contribution in [0.4, 0.5) is 5.95 Å². The van der Waals surface area contributed by atoms with Gasteiger partial charge in [0.05, 0.1) is 18.9 Å². The first kappa shape index (κ1) is 13.1. The second kappa shape index (κ2) is 5.99. The van der Waals surface area contributed by atoms with Crippen molar-refractivity contribution in [2.24, 2.45) is 0 Å². The minimum Gasteiger partial charge on any atom is -0.467 e. The highest BCUT2D eigenvalue weighted by Crippen LogP contribution is 2.07. The molecule has 0 bridgehead atoms. The topological polar surface area (TPSA) is 77.2 Å². The number of hydrogen-bond donors (Lipinski definition) is 1. The number of carbonyl (C=O) groups is 1. The normalized spacial score (nSPS) is 10.5. The first-order valence-corrected chi connectivity index (χ1v) is 5.95. The fourth-order valence-electron chi connectivity index (χ4n) is 1.41. The Morgan fingerprint density at radius 2 is 2.32 bits per heavy atom. The molecule has 0 aliphatic rings. The van der Waals surface area contributed by atoms with Crippen LogP contribution in [-0.2, 0) is 11.3 Å². The molecule has 2 heterocycles. The maximum atomic E-state index is 11.7. The predicted molar refractivity (Wildman–Crippen MR) is 68.6 cm³/mol. The molecule has 0 aliphatic heterocycles. The Kier molecular flexibility index (Phi) is 4.12. The van der Waals surface area contributed by atoms with Gasteiger partial charge in [0.1, 0.15) is 5.76 Å². The zero-order valence-corrected chi connectivity index (χ0v) is 10.8. The van der Waals surface area contributed by atoms with E-state index >= 15 is 0 Å². The van der Waals surface area contributed by atoms with E-state index in [0.717, 1.165) is 5.76 Å². The largest absolute Gasteiger partial charge is 0.467 e. The zero-order chi connectivity index (χ0) is 13.7. The summed E-state index contributed by atoms with van der Waals surface area (Å²) in [6.07, 6.45) is 2.92. The molecule has 0 saturated carbocycles. The average Bonchev–Trinajstić information content (AvgIpc) is 2.89. The number of nitrogens with one attached hydrogen (secondary N) is 1. The third-order valence-electron chi connectivity index (χ3n) is 2.21. The average molecular weight is 261 g/mol. The van der Waals surface area contributed by atoms with Crippen molar-refractivity contribution in [3.8, 4) is 0 Å². The van der Waals surface area contributed by atoms with Gasteiger partial charge in [0.25, 0.3) is 0 Å². The summed E-state index contributed by atoms with van der Waals surface area (Å²) in [6.45, 7) is 4.03. The molecule has 19 heavy (non-hydrogen) atoms. The second-order valence-corrected chi connectivity index (χ2v) is 4.15. The van der Waals surface area contributed by atoms with E-state index in [-0.39, 0.29) is 11.8 Å². The van der Waals surface area contributed by atoms with E-state index in [9.17, 15) is 4.79 Å². The Balaban J connectivity index is 2.00. The molecule has 0 unspecified atom stereocenters. The summed E-state index contributed by atoms with van der Waals surface area (Å²) >= 11 is 0. The molecular formula is C13H15N3O3. The van der Waals surface area contributed by atoms with Crippen molar-refractivity contribution >= 4 is 11.9 Å². The van der Waals surface area contributed by atoms with Crippen molar-refractivity contribution in [1.82, 2.24) is 9.97 Å². The molecule has 0 amide bonds. The van der Waals surface area contributed by atoms with E-state index < -0.39 is 5.97 Å². The number of rotatable bonds is 5. The van der Waals surface area contributed by atoms with Gasteiger partial charge in [-0.15, -0.1) is 0 Å². The lowest BCUT2D eigenvalue weighted by atomic mass is 10.4. The Labute approximate surface area is 110 Å². The Hall–Kier alpha value is -2.37. The summed E-state index contributed by atoms with van der Waals surface area (Å²) in [5, 5.41) is 2.97. The van der Waals surface area contributed by atoms with Gasteiger partial charge in [-0.25, -0.2) is 14.8 Å². The van der Waals surface area contributed by atoms with Gasteiger partial charge in [0.2, 0.25) is 5.95 Å². The molecule has 6 nitrogen and oxygen atoms in total. The molecule has 0 aliphatic carbocycles. The molecule has 100 valence electrons. The van der Waals surface area contributed by atoms with E-state index in [1.165, 1.54) is 12.3 Å². The lowest BCUT2D eigenvalue weighted by molar-refractivity contribution is 0.0371. The SMILES string of the molecule is CC(C)OC(=O)c1ccnc(NCc2ccco2)n1. The standard InChI is InChI=1S/C13H15N3O3/c1-9(2)19-12(17)11-5-6-14-13(16-11)15-8-10-4-3-7-18-10/h3-7,9H,8H2,1-2H3,(H,14,15,16). The van der Waals surface area contributed by atoms with Gasteiger partial charge in [-0.1, -0.05) is 0 Å². The third kappa shape index (κ3) is 3.80. The molecule has 2 aromatic heterocycles. The van der Waals surface area contributed by atoms with Gasteiger partial charge in [0, 0.05) is 6.20 Å². The number of esters is 1. The second-order valence-electron chi connectivity index (χ2n) is 4.15.